The lowest BCUT2D eigenvalue weighted by Gasteiger charge is -1.76. The first-order chi connectivity index (χ1) is 2.89. The minimum Gasteiger partial charge on any atom is -0.0741 e. The Morgan fingerprint density at radius 1 is 1.67 bits per heavy atom. The first kappa shape index (κ1) is 4.38. The molecule has 0 aromatic rings. The van der Waals surface area contributed by atoms with E-state index in [-0.39, 0.29) is 0 Å². The minimum absolute atomic E-state index is 1.14. The molecule has 1 aliphatic rings. The van der Waals surface area contributed by atoms with Crippen molar-refractivity contribution >= 4 is 15.9 Å². The Morgan fingerprint density at radius 2 is 2.50 bits per heavy atom. The van der Waals surface area contributed by atoms with Crippen LogP contribution in [0.4, 0.5) is 0 Å². The molecule has 0 saturated heterocycles. The highest BCUT2D eigenvalue weighted by Gasteiger charge is 1.97. The number of rotatable bonds is 0. The van der Waals surface area contributed by atoms with E-state index in [9.17, 15) is 0 Å². The lowest BCUT2D eigenvalue weighted by Crippen LogP contribution is -1.56. The van der Waals surface area contributed by atoms with Crippen molar-refractivity contribution in [3.05, 3.63) is 17.0 Å². The van der Waals surface area contributed by atoms with Crippen LogP contribution >= 0.6 is 15.9 Å². The van der Waals surface area contributed by atoms with Crippen molar-refractivity contribution in [1.29, 1.82) is 0 Å². The van der Waals surface area contributed by atoms with Gasteiger partial charge in [0.1, 0.15) is 0 Å². The molecule has 0 nitrogen and oxygen atoms in total. The molecule has 1 rings (SSSR count). The molecule has 0 spiro atoms. The lowest BCUT2D eigenvalue weighted by molar-refractivity contribution is 1.19. The Hall–Kier alpha value is 0.220. The van der Waals surface area contributed by atoms with Crippen molar-refractivity contribution in [2.75, 3.05) is 0 Å². The van der Waals surface area contributed by atoms with Crippen LogP contribution in [0.15, 0.2) is 10.6 Å². The van der Waals surface area contributed by atoms with Crippen LogP contribution < -0.4 is 0 Å². The van der Waals surface area contributed by atoms with Crippen LogP contribution in [0.1, 0.15) is 12.8 Å². The monoisotopic (exact) mass is 145 g/mol. The summed E-state index contributed by atoms with van der Waals surface area (Å²) in [6.45, 7) is 0. The number of hydrogen-bond acceptors (Lipinski definition) is 0. The maximum Gasteiger partial charge on any atom is -0.00861 e. The van der Waals surface area contributed by atoms with Crippen LogP contribution in [-0.2, 0) is 0 Å². The van der Waals surface area contributed by atoms with Crippen LogP contribution in [0, 0.1) is 6.42 Å². The first-order valence-corrected chi connectivity index (χ1v) is 2.85. The predicted octanol–water partition coefficient (Wildman–Crippen LogP) is 2.26. The van der Waals surface area contributed by atoms with Gasteiger partial charge in [-0.05, 0) is 23.7 Å². The Morgan fingerprint density at radius 3 is 2.67 bits per heavy atom. The number of halogens is 1. The third kappa shape index (κ3) is 0.839. The zero-order valence-corrected chi connectivity index (χ0v) is 5.03. The van der Waals surface area contributed by atoms with Gasteiger partial charge in [-0.3, -0.25) is 0 Å². The van der Waals surface area contributed by atoms with Crippen molar-refractivity contribution in [2.24, 2.45) is 0 Å². The smallest absolute Gasteiger partial charge is 0.00861 e. The molecule has 0 amide bonds. The second-order valence-corrected chi connectivity index (χ2v) is 2.40. The van der Waals surface area contributed by atoms with Crippen molar-refractivity contribution in [1.82, 2.24) is 0 Å². The third-order valence-electron chi connectivity index (χ3n) is 0.845. The van der Waals surface area contributed by atoms with E-state index in [2.05, 4.69) is 28.4 Å². The molecular weight excluding hydrogens is 140 g/mol. The molecule has 0 bridgehead atoms. The molecule has 0 fully saturated rings. The highest BCUT2D eigenvalue weighted by molar-refractivity contribution is 9.11. The van der Waals surface area contributed by atoms with Crippen molar-refractivity contribution in [3.8, 4) is 0 Å². The summed E-state index contributed by atoms with van der Waals surface area (Å²) in [7, 11) is 0. The molecule has 0 aromatic heterocycles. The molecule has 0 saturated carbocycles. The van der Waals surface area contributed by atoms with Gasteiger partial charge in [-0.1, -0.05) is 22.0 Å². The molecule has 33 valence electrons. The topological polar surface area (TPSA) is 0 Å². The molecule has 0 heterocycles. The second kappa shape index (κ2) is 1.78. The van der Waals surface area contributed by atoms with Crippen molar-refractivity contribution in [3.63, 3.8) is 0 Å². The molecule has 0 unspecified atom stereocenters. The zero-order valence-electron chi connectivity index (χ0n) is 3.45. The Balaban J connectivity index is 2.45. The molecule has 0 aliphatic heterocycles. The van der Waals surface area contributed by atoms with Crippen molar-refractivity contribution < 1.29 is 0 Å². The average Bonchev–Trinajstić information content (AvgIpc) is 1.86. The van der Waals surface area contributed by atoms with E-state index in [1.165, 1.54) is 4.48 Å². The van der Waals surface area contributed by atoms with Gasteiger partial charge < -0.3 is 0 Å². The molecular formula is C5H6Br. The van der Waals surface area contributed by atoms with Gasteiger partial charge >= 0.3 is 0 Å². The van der Waals surface area contributed by atoms with Gasteiger partial charge in [-0.15, -0.1) is 0 Å². The SMILES string of the molecule is BrC1=CC[CH]C1. The van der Waals surface area contributed by atoms with Crippen LogP contribution in [0.25, 0.3) is 0 Å². The lowest BCUT2D eigenvalue weighted by atomic mass is 10.4. The second-order valence-electron chi connectivity index (χ2n) is 1.38. The summed E-state index contributed by atoms with van der Waals surface area (Å²) in [5, 5.41) is 0. The van der Waals surface area contributed by atoms with E-state index in [1.807, 2.05) is 0 Å². The Labute approximate surface area is 46.4 Å². The molecule has 0 aromatic carbocycles. The van der Waals surface area contributed by atoms with Gasteiger partial charge in [0.25, 0.3) is 0 Å². The highest BCUT2D eigenvalue weighted by Crippen LogP contribution is 2.20. The Kier molecular flexibility index (Phi) is 1.30. The first-order valence-electron chi connectivity index (χ1n) is 2.06. The molecule has 0 atom stereocenters. The third-order valence-corrected chi connectivity index (χ3v) is 1.49. The van der Waals surface area contributed by atoms with Crippen LogP contribution in [0.3, 0.4) is 0 Å². The fourth-order valence-corrected chi connectivity index (χ4v) is 0.932. The van der Waals surface area contributed by atoms with Gasteiger partial charge in [-0.2, -0.15) is 0 Å². The van der Waals surface area contributed by atoms with E-state index < -0.39 is 0 Å². The molecule has 1 heteroatoms. The van der Waals surface area contributed by atoms with Gasteiger partial charge in [0.05, 0.1) is 0 Å². The van der Waals surface area contributed by atoms with E-state index in [1.54, 1.807) is 0 Å². The van der Waals surface area contributed by atoms with E-state index in [4.69, 9.17) is 0 Å². The van der Waals surface area contributed by atoms with Crippen molar-refractivity contribution in [2.45, 2.75) is 12.8 Å². The van der Waals surface area contributed by atoms with Gasteiger partial charge in [0.15, 0.2) is 0 Å². The highest BCUT2D eigenvalue weighted by atomic mass is 79.9. The predicted molar refractivity (Wildman–Crippen MR) is 30.5 cm³/mol. The van der Waals surface area contributed by atoms with Gasteiger partial charge in [-0.25, -0.2) is 0 Å². The van der Waals surface area contributed by atoms with Crippen LogP contribution in [0.5, 0.6) is 0 Å². The van der Waals surface area contributed by atoms with E-state index >= 15 is 0 Å². The normalized spacial score (nSPS) is 21.2. The molecule has 1 aliphatic carbocycles. The number of hydrogen-bond donors (Lipinski definition) is 0. The van der Waals surface area contributed by atoms with Crippen LogP contribution in [0.2, 0.25) is 0 Å². The van der Waals surface area contributed by atoms with E-state index in [0.717, 1.165) is 12.8 Å². The standard InChI is InChI=1S/C5H6Br/c6-5-3-1-2-4-5/h1,4H,2-3H2. The van der Waals surface area contributed by atoms with Gasteiger partial charge in [0, 0.05) is 0 Å². The summed E-state index contributed by atoms with van der Waals surface area (Å²) < 4.78 is 1.34. The number of allylic oxidation sites excluding steroid dienone is 2. The average molecular weight is 146 g/mol. The zero-order chi connectivity index (χ0) is 4.41. The van der Waals surface area contributed by atoms with Gasteiger partial charge in [0.2, 0.25) is 0 Å². The molecule has 6 heavy (non-hydrogen) atoms. The summed E-state index contributed by atoms with van der Waals surface area (Å²) in [6.07, 6.45) is 6.71. The summed E-state index contributed by atoms with van der Waals surface area (Å²) in [6, 6.07) is 0. The maximum absolute atomic E-state index is 3.37. The molecule has 1 radical (unpaired) electrons. The summed E-state index contributed by atoms with van der Waals surface area (Å²) in [5.41, 5.74) is 0. The quantitative estimate of drug-likeness (QED) is 0.491. The fourth-order valence-electron chi connectivity index (χ4n) is 0.516. The summed E-state index contributed by atoms with van der Waals surface area (Å²) in [4.78, 5) is 0. The summed E-state index contributed by atoms with van der Waals surface area (Å²) >= 11 is 3.37. The maximum atomic E-state index is 3.37. The fraction of sp³-hybridized carbons (Fsp3) is 0.400. The summed E-state index contributed by atoms with van der Waals surface area (Å²) in [5.74, 6) is 0. The van der Waals surface area contributed by atoms with Crippen LogP contribution in [-0.4, -0.2) is 0 Å². The van der Waals surface area contributed by atoms with E-state index in [0.29, 0.717) is 0 Å². The Bertz CT molecular complexity index is 74.0. The minimum atomic E-state index is 1.14. The molecule has 0 N–H and O–H groups in total. The largest absolute Gasteiger partial charge is 0.0741 e.